The third-order valence-corrected chi connectivity index (χ3v) is 2.22. The first-order chi connectivity index (χ1) is 5.97. The Morgan fingerprint density at radius 3 is 2.23 bits per heavy atom. The molecular weight excluding hydrogens is 213 g/mol. The summed E-state index contributed by atoms with van der Waals surface area (Å²) in [6.07, 6.45) is -0.261. The van der Waals surface area contributed by atoms with Gasteiger partial charge in [0.25, 0.3) is 0 Å². The summed E-state index contributed by atoms with van der Waals surface area (Å²) in [5, 5.41) is 7.87. The molecule has 0 aliphatic rings. The lowest BCUT2D eigenvalue weighted by atomic mass is 10.0. The number of ether oxygens (including phenoxy) is 2. The van der Waals surface area contributed by atoms with E-state index in [0.717, 1.165) is 0 Å². The maximum Gasteiger partial charge on any atom is 0.175 e. The normalized spacial score (nSPS) is 17.9. The summed E-state index contributed by atoms with van der Waals surface area (Å²) in [6, 6.07) is 1.89. The fourth-order valence-electron chi connectivity index (χ4n) is 1.08. The molecule has 0 bridgehead atoms. The molecule has 2 atom stereocenters. The van der Waals surface area contributed by atoms with Crippen LogP contribution in [0.3, 0.4) is 0 Å². The molecule has 0 saturated heterocycles. The van der Waals surface area contributed by atoms with Crippen molar-refractivity contribution in [1.29, 1.82) is 5.26 Å². The first kappa shape index (κ1) is 13.0. The molecule has 0 aliphatic carbocycles. The molecular formula is C8H13Cl2NO2. The molecule has 0 N–H and O–H groups in total. The van der Waals surface area contributed by atoms with Crippen LogP contribution in [0, 0.1) is 11.3 Å². The minimum atomic E-state index is -0.786. The first-order valence-electron chi connectivity index (χ1n) is 3.76. The Kier molecular flexibility index (Phi) is 5.66. The van der Waals surface area contributed by atoms with Crippen LogP contribution in [0.25, 0.3) is 0 Å². The van der Waals surface area contributed by atoms with Crippen LogP contribution in [-0.4, -0.2) is 30.8 Å². The quantitative estimate of drug-likeness (QED) is 0.532. The van der Waals surface area contributed by atoms with Gasteiger partial charge in [-0.3, -0.25) is 0 Å². The molecule has 2 unspecified atom stereocenters. The fourth-order valence-corrected chi connectivity index (χ4v) is 1.81. The van der Waals surface area contributed by atoms with E-state index >= 15 is 0 Å². The molecule has 0 spiro atoms. The second-order valence-corrected chi connectivity index (χ2v) is 4.27. The smallest absolute Gasteiger partial charge is 0.175 e. The lowest BCUT2D eigenvalue weighted by Crippen LogP contribution is -2.38. The number of hydrogen-bond acceptors (Lipinski definition) is 3. The zero-order valence-corrected chi connectivity index (χ0v) is 9.39. The van der Waals surface area contributed by atoms with E-state index in [0.29, 0.717) is 6.42 Å². The van der Waals surface area contributed by atoms with Crippen LogP contribution in [0.15, 0.2) is 0 Å². The minimum absolute atomic E-state index is 0.305. The molecule has 0 aliphatic heterocycles. The third kappa shape index (κ3) is 4.15. The van der Waals surface area contributed by atoms with Crippen molar-refractivity contribution in [2.75, 3.05) is 14.2 Å². The van der Waals surface area contributed by atoms with Crippen molar-refractivity contribution in [3.63, 3.8) is 0 Å². The highest BCUT2D eigenvalue weighted by Crippen LogP contribution is 2.29. The van der Waals surface area contributed by atoms with Gasteiger partial charge in [-0.25, -0.2) is 0 Å². The lowest BCUT2D eigenvalue weighted by Gasteiger charge is -2.29. The van der Waals surface area contributed by atoms with Crippen LogP contribution in [0.5, 0.6) is 0 Å². The number of rotatable bonds is 5. The molecule has 76 valence electrons. The zero-order valence-electron chi connectivity index (χ0n) is 7.88. The van der Waals surface area contributed by atoms with Gasteiger partial charge in [0.15, 0.2) is 6.29 Å². The van der Waals surface area contributed by atoms with E-state index < -0.39 is 16.5 Å². The molecule has 0 saturated carbocycles. The summed E-state index contributed by atoms with van der Waals surface area (Å²) in [5.74, 6) is 0. The highest BCUT2D eigenvalue weighted by atomic mass is 35.5. The summed E-state index contributed by atoms with van der Waals surface area (Å²) in [5.41, 5.74) is 0. The van der Waals surface area contributed by atoms with Gasteiger partial charge in [0.2, 0.25) is 0 Å². The molecule has 13 heavy (non-hydrogen) atoms. The van der Waals surface area contributed by atoms with Gasteiger partial charge in [-0.15, -0.1) is 23.2 Å². The van der Waals surface area contributed by atoms with Gasteiger partial charge in [0.1, 0.15) is 5.38 Å². The van der Waals surface area contributed by atoms with Gasteiger partial charge in [0, 0.05) is 20.6 Å². The van der Waals surface area contributed by atoms with Crippen molar-refractivity contribution in [1.82, 2.24) is 0 Å². The van der Waals surface area contributed by atoms with E-state index in [-0.39, 0.29) is 0 Å². The van der Waals surface area contributed by atoms with Crippen molar-refractivity contribution < 1.29 is 9.47 Å². The van der Waals surface area contributed by atoms with E-state index in [4.69, 9.17) is 37.9 Å². The molecule has 0 aromatic carbocycles. The van der Waals surface area contributed by atoms with Crippen LogP contribution in [0.2, 0.25) is 0 Å². The van der Waals surface area contributed by atoms with Gasteiger partial charge >= 0.3 is 0 Å². The summed E-state index contributed by atoms with van der Waals surface area (Å²) < 4.78 is 9.97. The minimum Gasteiger partial charge on any atom is -0.354 e. The average molecular weight is 226 g/mol. The molecule has 3 nitrogen and oxygen atoms in total. The maximum atomic E-state index is 8.50. The van der Waals surface area contributed by atoms with Gasteiger partial charge in [-0.1, -0.05) is 0 Å². The zero-order chi connectivity index (χ0) is 10.5. The van der Waals surface area contributed by atoms with Crippen LogP contribution < -0.4 is 0 Å². The number of halogens is 2. The van der Waals surface area contributed by atoms with Crippen molar-refractivity contribution >= 4 is 23.2 Å². The monoisotopic (exact) mass is 225 g/mol. The van der Waals surface area contributed by atoms with Crippen LogP contribution in [-0.2, 0) is 9.47 Å². The van der Waals surface area contributed by atoms with Crippen LogP contribution in [0.1, 0.15) is 13.3 Å². The molecule has 0 aromatic heterocycles. The van der Waals surface area contributed by atoms with Gasteiger partial charge in [-0.2, -0.15) is 5.26 Å². The van der Waals surface area contributed by atoms with Crippen LogP contribution >= 0.6 is 23.2 Å². The van der Waals surface area contributed by atoms with Crippen molar-refractivity contribution in [2.45, 2.75) is 29.9 Å². The van der Waals surface area contributed by atoms with E-state index in [2.05, 4.69) is 0 Å². The second-order valence-electron chi connectivity index (χ2n) is 2.88. The third-order valence-electron chi connectivity index (χ3n) is 1.64. The Morgan fingerprint density at radius 1 is 1.46 bits per heavy atom. The van der Waals surface area contributed by atoms with E-state index in [1.807, 2.05) is 6.07 Å². The van der Waals surface area contributed by atoms with E-state index in [1.54, 1.807) is 6.92 Å². The van der Waals surface area contributed by atoms with E-state index in [1.165, 1.54) is 14.2 Å². The molecule has 0 rings (SSSR count). The van der Waals surface area contributed by atoms with Crippen molar-refractivity contribution in [2.24, 2.45) is 0 Å². The van der Waals surface area contributed by atoms with E-state index in [9.17, 15) is 0 Å². The summed E-state index contributed by atoms with van der Waals surface area (Å²) >= 11 is 11.7. The molecule has 0 amide bonds. The molecule has 5 heteroatoms. The highest BCUT2D eigenvalue weighted by molar-refractivity contribution is 6.26. The first-order valence-corrected chi connectivity index (χ1v) is 4.57. The van der Waals surface area contributed by atoms with Gasteiger partial charge in [0.05, 0.1) is 10.9 Å². The Balaban J connectivity index is 4.28. The number of alkyl halides is 2. The fraction of sp³-hybridized carbons (Fsp3) is 0.875. The molecule has 0 heterocycles. The second kappa shape index (κ2) is 5.66. The largest absolute Gasteiger partial charge is 0.354 e. The van der Waals surface area contributed by atoms with Crippen molar-refractivity contribution in [3.8, 4) is 6.07 Å². The number of nitriles is 1. The van der Waals surface area contributed by atoms with Crippen LogP contribution in [0.4, 0.5) is 0 Å². The highest BCUT2D eigenvalue weighted by Gasteiger charge is 2.34. The predicted octanol–water partition coefficient (Wildman–Crippen LogP) is 2.12. The topological polar surface area (TPSA) is 42.2 Å². The predicted molar refractivity (Wildman–Crippen MR) is 51.9 cm³/mol. The Morgan fingerprint density at radius 2 is 1.92 bits per heavy atom. The number of methoxy groups -OCH3 is 2. The Bertz CT molecular complexity index is 187. The maximum absolute atomic E-state index is 8.50. The summed E-state index contributed by atoms with van der Waals surface area (Å²) in [4.78, 5) is -0.786. The lowest BCUT2D eigenvalue weighted by molar-refractivity contribution is -0.124. The molecule has 0 radical (unpaired) electrons. The number of hydrogen-bond donors (Lipinski definition) is 0. The van der Waals surface area contributed by atoms with Gasteiger partial charge in [-0.05, 0) is 6.92 Å². The standard InChI is InChI=1S/C8H13Cl2NO2/c1-8(10,4-6(9)5-11)7(12-2)13-3/h6-7H,4H2,1-3H3. The summed E-state index contributed by atoms with van der Waals surface area (Å²) in [7, 11) is 2.98. The SMILES string of the molecule is COC(OC)C(C)(Cl)CC(Cl)C#N. The molecule has 0 fully saturated rings. The van der Waals surface area contributed by atoms with Crippen molar-refractivity contribution in [3.05, 3.63) is 0 Å². The molecule has 0 aromatic rings. The van der Waals surface area contributed by atoms with Gasteiger partial charge < -0.3 is 9.47 Å². The Labute approximate surface area is 88.5 Å². The summed E-state index contributed by atoms with van der Waals surface area (Å²) in [6.45, 7) is 1.72. The average Bonchev–Trinajstić information content (AvgIpc) is 2.05. The number of nitrogens with zero attached hydrogens (tertiary/aromatic N) is 1. The Hall–Kier alpha value is -0.0100.